The van der Waals surface area contributed by atoms with Crippen molar-refractivity contribution in [3.8, 4) is 0 Å². The maximum absolute atomic E-state index is 11.0. The zero-order chi connectivity index (χ0) is 13.8. The summed E-state index contributed by atoms with van der Waals surface area (Å²) >= 11 is 0. The van der Waals surface area contributed by atoms with Gasteiger partial charge in [-0.25, -0.2) is 0 Å². The first-order valence-electron chi connectivity index (χ1n) is 6.02. The first-order chi connectivity index (χ1) is 9.06. The number of carbonyl (C=O) groups is 1. The number of anilines is 2. The van der Waals surface area contributed by atoms with Gasteiger partial charge < -0.3 is 10.6 Å². The van der Waals surface area contributed by atoms with E-state index in [0.29, 0.717) is 6.54 Å². The molecule has 0 fully saturated rings. The third-order valence-corrected chi connectivity index (χ3v) is 2.82. The van der Waals surface area contributed by atoms with E-state index in [1.807, 2.05) is 32.2 Å². The average molecular weight is 259 g/mol. The van der Waals surface area contributed by atoms with Gasteiger partial charge in [0, 0.05) is 25.3 Å². The number of benzene rings is 1. The lowest BCUT2D eigenvalue weighted by atomic mass is 10.1. The molecule has 6 nitrogen and oxygen atoms in total. The second-order valence-electron chi connectivity index (χ2n) is 4.41. The molecule has 0 bridgehead atoms. The Balaban J connectivity index is 2.04. The van der Waals surface area contributed by atoms with Gasteiger partial charge in [-0.3, -0.25) is 9.48 Å². The molecule has 19 heavy (non-hydrogen) atoms. The molecular weight excluding hydrogens is 242 g/mol. The second-order valence-corrected chi connectivity index (χ2v) is 4.41. The van der Waals surface area contributed by atoms with Crippen molar-refractivity contribution in [2.75, 3.05) is 10.6 Å². The fraction of sp³-hybridized carbons (Fsp3) is 0.308. The van der Waals surface area contributed by atoms with Crippen molar-refractivity contribution in [2.24, 2.45) is 7.05 Å². The number of nitrogens with one attached hydrogen (secondary N) is 2. The highest BCUT2D eigenvalue weighted by Crippen LogP contribution is 2.20. The Kier molecular flexibility index (Phi) is 3.79. The predicted octanol–water partition coefficient (Wildman–Crippen LogP) is 1.69. The number of amides is 1. The van der Waals surface area contributed by atoms with Gasteiger partial charge in [0.15, 0.2) is 0 Å². The Morgan fingerprint density at radius 1 is 1.42 bits per heavy atom. The van der Waals surface area contributed by atoms with E-state index in [1.165, 1.54) is 6.92 Å². The van der Waals surface area contributed by atoms with E-state index < -0.39 is 0 Å². The fourth-order valence-electron chi connectivity index (χ4n) is 1.77. The highest BCUT2D eigenvalue weighted by atomic mass is 16.1. The third kappa shape index (κ3) is 3.31. The largest absolute Gasteiger partial charge is 0.379 e. The van der Waals surface area contributed by atoms with Gasteiger partial charge in [-0.2, -0.15) is 0 Å². The summed E-state index contributed by atoms with van der Waals surface area (Å²) in [5.41, 5.74) is 3.85. The molecule has 0 radical (unpaired) electrons. The van der Waals surface area contributed by atoms with E-state index in [4.69, 9.17) is 0 Å². The van der Waals surface area contributed by atoms with Crippen molar-refractivity contribution >= 4 is 17.3 Å². The summed E-state index contributed by atoms with van der Waals surface area (Å²) < 4.78 is 1.73. The molecule has 0 saturated carbocycles. The predicted molar refractivity (Wildman–Crippen MR) is 73.8 cm³/mol. The van der Waals surface area contributed by atoms with Crippen LogP contribution >= 0.6 is 0 Å². The molecule has 1 aromatic heterocycles. The topological polar surface area (TPSA) is 71.8 Å². The normalized spacial score (nSPS) is 10.3. The van der Waals surface area contributed by atoms with Crippen molar-refractivity contribution in [1.82, 2.24) is 15.0 Å². The van der Waals surface area contributed by atoms with E-state index in [2.05, 4.69) is 20.9 Å². The molecule has 6 heteroatoms. The van der Waals surface area contributed by atoms with E-state index in [-0.39, 0.29) is 5.91 Å². The van der Waals surface area contributed by atoms with Crippen molar-refractivity contribution in [3.63, 3.8) is 0 Å². The standard InChI is InChI=1S/C13H17N5O/c1-9-6-11(4-5-13(9)16-10(2)19)14-7-12-8-15-17-18(12)3/h4-6,8,14H,7H2,1-3H3,(H,16,19). The Bertz CT molecular complexity index is 590. The molecule has 0 unspecified atom stereocenters. The smallest absolute Gasteiger partial charge is 0.221 e. The Hall–Kier alpha value is -2.37. The van der Waals surface area contributed by atoms with E-state index in [0.717, 1.165) is 22.6 Å². The van der Waals surface area contributed by atoms with Crippen LogP contribution in [0.15, 0.2) is 24.4 Å². The summed E-state index contributed by atoms with van der Waals surface area (Å²) in [6, 6.07) is 5.82. The number of hydrogen-bond acceptors (Lipinski definition) is 4. The molecule has 0 aliphatic rings. The lowest BCUT2D eigenvalue weighted by molar-refractivity contribution is -0.114. The molecule has 1 aromatic carbocycles. The van der Waals surface area contributed by atoms with Crippen LogP contribution < -0.4 is 10.6 Å². The fourth-order valence-corrected chi connectivity index (χ4v) is 1.77. The van der Waals surface area contributed by atoms with E-state index in [9.17, 15) is 4.79 Å². The second kappa shape index (κ2) is 5.51. The Labute approximate surface area is 111 Å². The number of aromatic nitrogens is 3. The summed E-state index contributed by atoms with van der Waals surface area (Å²) in [4.78, 5) is 11.0. The molecule has 0 saturated heterocycles. The van der Waals surface area contributed by atoms with Crippen LogP contribution in [0.25, 0.3) is 0 Å². The first-order valence-corrected chi connectivity index (χ1v) is 6.02. The third-order valence-electron chi connectivity index (χ3n) is 2.82. The van der Waals surface area contributed by atoms with Crippen LogP contribution in [0.3, 0.4) is 0 Å². The van der Waals surface area contributed by atoms with Gasteiger partial charge in [0.1, 0.15) is 0 Å². The lowest BCUT2D eigenvalue weighted by Gasteiger charge is -2.10. The summed E-state index contributed by atoms with van der Waals surface area (Å²) in [5.74, 6) is -0.0650. The molecular formula is C13H17N5O. The van der Waals surface area contributed by atoms with Crippen molar-refractivity contribution in [1.29, 1.82) is 0 Å². The van der Waals surface area contributed by atoms with Crippen molar-refractivity contribution in [3.05, 3.63) is 35.7 Å². The number of rotatable bonds is 4. The zero-order valence-corrected chi connectivity index (χ0v) is 11.3. The van der Waals surface area contributed by atoms with Crippen LogP contribution in [-0.2, 0) is 18.4 Å². The highest BCUT2D eigenvalue weighted by molar-refractivity contribution is 5.89. The summed E-state index contributed by atoms with van der Waals surface area (Å²) in [5, 5.41) is 13.8. The average Bonchev–Trinajstić information content (AvgIpc) is 2.75. The lowest BCUT2D eigenvalue weighted by Crippen LogP contribution is -2.08. The molecule has 0 spiro atoms. The van der Waals surface area contributed by atoms with Gasteiger partial charge in [-0.1, -0.05) is 5.21 Å². The zero-order valence-electron chi connectivity index (χ0n) is 11.3. The van der Waals surface area contributed by atoms with E-state index in [1.54, 1.807) is 10.9 Å². The quantitative estimate of drug-likeness (QED) is 0.876. The molecule has 2 N–H and O–H groups in total. The van der Waals surface area contributed by atoms with Crippen LogP contribution in [-0.4, -0.2) is 20.9 Å². The minimum absolute atomic E-state index is 0.0650. The summed E-state index contributed by atoms with van der Waals surface area (Å²) in [6.07, 6.45) is 1.73. The number of hydrogen-bond donors (Lipinski definition) is 2. The van der Waals surface area contributed by atoms with Gasteiger partial charge in [-0.05, 0) is 30.7 Å². The number of aryl methyl sites for hydroxylation is 2. The van der Waals surface area contributed by atoms with Gasteiger partial charge >= 0.3 is 0 Å². The SMILES string of the molecule is CC(=O)Nc1ccc(NCc2cnnn2C)cc1C. The van der Waals surface area contributed by atoms with Crippen LogP contribution in [0.5, 0.6) is 0 Å². The van der Waals surface area contributed by atoms with Gasteiger partial charge in [0.05, 0.1) is 18.4 Å². The molecule has 2 aromatic rings. The molecule has 1 amide bonds. The number of carbonyl (C=O) groups excluding carboxylic acids is 1. The van der Waals surface area contributed by atoms with Crippen LogP contribution in [0.4, 0.5) is 11.4 Å². The summed E-state index contributed by atoms with van der Waals surface area (Å²) in [7, 11) is 1.86. The molecule has 1 heterocycles. The van der Waals surface area contributed by atoms with Gasteiger partial charge in [-0.15, -0.1) is 5.10 Å². The minimum Gasteiger partial charge on any atom is -0.379 e. The molecule has 100 valence electrons. The number of nitrogens with zero attached hydrogens (tertiary/aromatic N) is 3. The molecule has 0 atom stereocenters. The van der Waals surface area contributed by atoms with Crippen molar-refractivity contribution in [2.45, 2.75) is 20.4 Å². The van der Waals surface area contributed by atoms with Crippen LogP contribution in [0, 0.1) is 6.92 Å². The Morgan fingerprint density at radius 3 is 2.79 bits per heavy atom. The highest BCUT2D eigenvalue weighted by Gasteiger charge is 2.03. The minimum atomic E-state index is -0.0650. The first kappa shape index (κ1) is 13.1. The molecule has 0 aliphatic heterocycles. The van der Waals surface area contributed by atoms with Gasteiger partial charge in [0.2, 0.25) is 5.91 Å². The van der Waals surface area contributed by atoms with Crippen LogP contribution in [0.2, 0.25) is 0 Å². The molecule has 2 rings (SSSR count). The van der Waals surface area contributed by atoms with Crippen LogP contribution in [0.1, 0.15) is 18.2 Å². The Morgan fingerprint density at radius 2 is 2.21 bits per heavy atom. The molecule has 0 aliphatic carbocycles. The maximum atomic E-state index is 11.0. The van der Waals surface area contributed by atoms with E-state index >= 15 is 0 Å². The van der Waals surface area contributed by atoms with Gasteiger partial charge in [0.25, 0.3) is 0 Å². The summed E-state index contributed by atoms with van der Waals surface area (Å²) in [6.45, 7) is 4.12. The maximum Gasteiger partial charge on any atom is 0.221 e. The monoisotopic (exact) mass is 259 g/mol. The van der Waals surface area contributed by atoms with Crippen molar-refractivity contribution < 1.29 is 4.79 Å².